The van der Waals surface area contributed by atoms with Crippen molar-refractivity contribution in [3.05, 3.63) is 18.1 Å². The molecular weight excluding hydrogens is 388 g/mol. The summed E-state index contributed by atoms with van der Waals surface area (Å²) in [5.41, 5.74) is 0.994. The van der Waals surface area contributed by atoms with E-state index in [1.165, 1.54) is 0 Å². The second-order valence-corrected chi connectivity index (χ2v) is 9.91. The first kappa shape index (κ1) is 21.3. The maximum Gasteiger partial charge on any atom is 0.235 e. The van der Waals surface area contributed by atoms with Crippen LogP contribution in [0.2, 0.25) is 0 Å². The lowest BCUT2D eigenvalue weighted by atomic mass is 9.85. The molecule has 0 bridgehead atoms. The third kappa shape index (κ3) is 5.82. The Hall–Kier alpha value is -0.930. The second kappa shape index (κ2) is 10.4. The largest absolute Gasteiger partial charge is 0.598 e. The van der Waals surface area contributed by atoms with Gasteiger partial charge >= 0.3 is 0 Å². The van der Waals surface area contributed by atoms with Crippen LogP contribution in [0, 0.1) is 0 Å². The molecule has 2 heterocycles. The minimum atomic E-state index is -0.888. The molecular formula is C21H34N4O3S. The van der Waals surface area contributed by atoms with E-state index >= 15 is 0 Å². The summed E-state index contributed by atoms with van der Waals surface area (Å²) >= 11 is -0.888. The number of aromatic nitrogens is 2. The molecule has 2 aliphatic carbocycles. The summed E-state index contributed by atoms with van der Waals surface area (Å²) in [5.74, 6) is 1.08. The van der Waals surface area contributed by atoms with Crippen molar-refractivity contribution in [2.24, 2.45) is 0 Å². The van der Waals surface area contributed by atoms with Crippen LogP contribution < -0.4 is 14.8 Å². The molecule has 3 aliphatic rings. The van der Waals surface area contributed by atoms with E-state index in [0.29, 0.717) is 30.3 Å². The van der Waals surface area contributed by atoms with Crippen LogP contribution in [0.25, 0.3) is 0 Å². The summed E-state index contributed by atoms with van der Waals surface area (Å²) in [6, 6.07) is 0.489. The van der Waals surface area contributed by atoms with Crippen molar-refractivity contribution in [3.8, 4) is 5.88 Å². The SMILES string of the molecule is CCOc1nccnc1[C@H]1CC[C@@H](OCC2NCCCC2N[S+]([O-])C2CC2)CC1. The molecule has 8 heteroatoms. The Kier molecular flexibility index (Phi) is 7.64. The summed E-state index contributed by atoms with van der Waals surface area (Å²) in [7, 11) is 0. The van der Waals surface area contributed by atoms with Gasteiger partial charge in [-0.25, -0.2) is 4.98 Å². The monoisotopic (exact) mass is 422 g/mol. The van der Waals surface area contributed by atoms with Crippen molar-refractivity contribution in [3.63, 3.8) is 0 Å². The van der Waals surface area contributed by atoms with Gasteiger partial charge in [0.05, 0.1) is 31.4 Å². The van der Waals surface area contributed by atoms with Crippen molar-refractivity contribution >= 4 is 11.4 Å². The van der Waals surface area contributed by atoms with Crippen LogP contribution in [0.5, 0.6) is 5.88 Å². The van der Waals surface area contributed by atoms with Crippen LogP contribution in [-0.4, -0.2) is 57.7 Å². The van der Waals surface area contributed by atoms with Gasteiger partial charge in [0.1, 0.15) is 10.9 Å². The molecule has 1 saturated heterocycles. The molecule has 29 heavy (non-hydrogen) atoms. The van der Waals surface area contributed by atoms with Gasteiger partial charge in [0.2, 0.25) is 5.88 Å². The average Bonchev–Trinajstić information content (AvgIpc) is 3.60. The quantitative estimate of drug-likeness (QED) is 0.591. The number of nitrogens with zero attached hydrogens (tertiary/aromatic N) is 2. The first-order valence-electron chi connectivity index (χ1n) is 11.2. The third-order valence-corrected chi connectivity index (χ3v) is 7.84. The smallest absolute Gasteiger partial charge is 0.235 e. The summed E-state index contributed by atoms with van der Waals surface area (Å²) in [4.78, 5) is 8.90. The number of ether oxygens (including phenoxy) is 2. The molecule has 4 rings (SSSR count). The zero-order chi connectivity index (χ0) is 20.1. The van der Waals surface area contributed by atoms with Crippen molar-refractivity contribution in [1.82, 2.24) is 20.0 Å². The number of nitrogens with one attached hydrogen (secondary N) is 2. The topological polar surface area (TPSA) is 91.4 Å². The molecule has 0 spiro atoms. The minimum Gasteiger partial charge on any atom is -0.598 e. The van der Waals surface area contributed by atoms with Crippen molar-refractivity contribution < 1.29 is 14.0 Å². The fourth-order valence-corrected chi connectivity index (χ4v) is 5.74. The van der Waals surface area contributed by atoms with Gasteiger partial charge in [-0.15, -0.1) is 4.72 Å². The normalized spacial score (nSPS) is 31.4. The van der Waals surface area contributed by atoms with Crippen LogP contribution in [0.15, 0.2) is 12.4 Å². The van der Waals surface area contributed by atoms with E-state index < -0.39 is 11.4 Å². The molecule has 2 N–H and O–H groups in total. The van der Waals surface area contributed by atoms with Crippen molar-refractivity contribution in [2.45, 2.75) is 87.6 Å². The molecule has 1 aliphatic heterocycles. The fourth-order valence-electron chi connectivity index (χ4n) is 4.40. The molecule has 7 nitrogen and oxygen atoms in total. The van der Waals surface area contributed by atoms with Crippen LogP contribution in [0.4, 0.5) is 0 Å². The summed E-state index contributed by atoms with van der Waals surface area (Å²) in [6.07, 6.45) is 12.3. The highest BCUT2D eigenvalue weighted by atomic mass is 32.2. The van der Waals surface area contributed by atoms with Gasteiger partial charge < -0.3 is 19.3 Å². The molecule has 2 saturated carbocycles. The highest BCUT2D eigenvalue weighted by Gasteiger charge is 2.38. The fraction of sp³-hybridized carbons (Fsp3) is 0.810. The zero-order valence-electron chi connectivity index (χ0n) is 17.3. The summed E-state index contributed by atoms with van der Waals surface area (Å²) in [5, 5.41) is 3.94. The number of piperidine rings is 1. The Bertz CT molecular complexity index is 640. The maximum atomic E-state index is 12.3. The molecule has 0 radical (unpaired) electrons. The van der Waals surface area contributed by atoms with Gasteiger partial charge in [-0.2, -0.15) is 0 Å². The lowest BCUT2D eigenvalue weighted by Gasteiger charge is -2.35. The van der Waals surface area contributed by atoms with E-state index in [1.54, 1.807) is 12.4 Å². The number of rotatable bonds is 9. The van der Waals surface area contributed by atoms with E-state index in [4.69, 9.17) is 9.47 Å². The van der Waals surface area contributed by atoms with Gasteiger partial charge in [0.25, 0.3) is 0 Å². The highest BCUT2D eigenvalue weighted by molar-refractivity contribution is 7.90. The predicted octanol–water partition coefficient (Wildman–Crippen LogP) is 2.45. The van der Waals surface area contributed by atoms with Gasteiger partial charge in [0.15, 0.2) is 0 Å². The first-order chi connectivity index (χ1) is 14.2. The van der Waals surface area contributed by atoms with Crippen molar-refractivity contribution in [2.75, 3.05) is 19.8 Å². The van der Waals surface area contributed by atoms with E-state index in [0.717, 1.165) is 63.6 Å². The van der Waals surface area contributed by atoms with Gasteiger partial charge in [-0.1, -0.05) is 0 Å². The molecule has 0 amide bonds. The van der Waals surface area contributed by atoms with E-state index in [9.17, 15) is 4.55 Å². The lowest BCUT2D eigenvalue weighted by molar-refractivity contribution is 0.00484. The number of hydrogen-bond acceptors (Lipinski definition) is 7. The lowest BCUT2D eigenvalue weighted by Crippen LogP contribution is -2.56. The van der Waals surface area contributed by atoms with Crippen molar-refractivity contribution in [1.29, 1.82) is 0 Å². The standard InChI is InChI=1S/C21H34N4O3S/c1-2-27-21-20(23-12-13-24-21)15-5-7-16(8-6-15)28-14-19-18(4-3-11-22-19)25-29(26)17-9-10-17/h12-13,15-19,22,25H,2-11,14H2,1H3/t15-,16+,18?,19?,29?. The van der Waals surface area contributed by atoms with Crippen LogP contribution in [-0.2, 0) is 16.1 Å². The second-order valence-electron chi connectivity index (χ2n) is 8.41. The first-order valence-corrected chi connectivity index (χ1v) is 12.4. The Labute approximate surface area is 177 Å². The molecule has 162 valence electrons. The van der Waals surface area contributed by atoms with E-state index in [1.807, 2.05) is 6.92 Å². The predicted molar refractivity (Wildman–Crippen MR) is 113 cm³/mol. The zero-order valence-corrected chi connectivity index (χ0v) is 18.2. The molecule has 1 aromatic heterocycles. The Balaban J connectivity index is 1.24. The molecule has 3 unspecified atom stereocenters. The molecule has 0 aromatic carbocycles. The van der Waals surface area contributed by atoms with Crippen LogP contribution in [0.3, 0.4) is 0 Å². The number of hydrogen-bond donors (Lipinski definition) is 2. The molecule has 3 fully saturated rings. The minimum absolute atomic E-state index is 0.244. The van der Waals surface area contributed by atoms with Gasteiger partial charge in [0, 0.05) is 42.5 Å². The van der Waals surface area contributed by atoms with Gasteiger partial charge in [-0.3, -0.25) is 4.98 Å². The third-order valence-electron chi connectivity index (χ3n) is 6.22. The average molecular weight is 423 g/mol. The summed E-state index contributed by atoms with van der Waals surface area (Å²) < 4.78 is 27.6. The highest BCUT2D eigenvalue weighted by Crippen LogP contribution is 2.36. The maximum absolute atomic E-state index is 12.3. The van der Waals surface area contributed by atoms with Crippen LogP contribution >= 0.6 is 0 Å². The Morgan fingerprint density at radius 1 is 1.14 bits per heavy atom. The molecule has 3 atom stereocenters. The molecule has 1 aromatic rings. The summed E-state index contributed by atoms with van der Waals surface area (Å²) in [6.45, 7) is 4.29. The van der Waals surface area contributed by atoms with Crippen LogP contribution in [0.1, 0.15) is 69.9 Å². The Morgan fingerprint density at radius 2 is 1.93 bits per heavy atom. The van der Waals surface area contributed by atoms with E-state index in [2.05, 4.69) is 20.0 Å². The Morgan fingerprint density at radius 3 is 2.69 bits per heavy atom. The van der Waals surface area contributed by atoms with Gasteiger partial charge in [-0.05, 0) is 52.0 Å². The van der Waals surface area contributed by atoms with E-state index in [-0.39, 0.29) is 18.2 Å².